The molecule has 0 aliphatic carbocycles. The SMILES string of the molecule is Cc1c(-c2cccc(O)c2)noc1-c1ccccc1. The lowest BCUT2D eigenvalue weighted by Crippen LogP contribution is -1.81. The number of phenolic OH excluding ortho intramolecular Hbond substituents is 1. The molecule has 0 aliphatic heterocycles. The zero-order valence-corrected chi connectivity index (χ0v) is 10.5. The average molecular weight is 251 g/mol. The van der Waals surface area contributed by atoms with Crippen LogP contribution < -0.4 is 0 Å². The number of benzene rings is 2. The van der Waals surface area contributed by atoms with Gasteiger partial charge in [0, 0.05) is 16.7 Å². The van der Waals surface area contributed by atoms with Crippen LogP contribution in [0.5, 0.6) is 5.75 Å². The largest absolute Gasteiger partial charge is 0.508 e. The second kappa shape index (κ2) is 4.61. The van der Waals surface area contributed by atoms with Crippen molar-refractivity contribution >= 4 is 0 Å². The molecule has 0 fully saturated rings. The highest BCUT2D eigenvalue weighted by atomic mass is 16.5. The van der Waals surface area contributed by atoms with Crippen molar-refractivity contribution in [3.63, 3.8) is 0 Å². The van der Waals surface area contributed by atoms with Crippen LogP contribution in [-0.4, -0.2) is 10.3 Å². The highest BCUT2D eigenvalue weighted by molar-refractivity contribution is 5.72. The van der Waals surface area contributed by atoms with E-state index in [9.17, 15) is 5.11 Å². The summed E-state index contributed by atoms with van der Waals surface area (Å²) in [4.78, 5) is 0. The first kappa shape index (κ1) is 11.5. The van der Waals surface area contributed by atoms with Gasteiger partial charge in [-0.1, -0.05) is 47.6 Å². The summed E-state index contributed by atoms with van der Waals surface area (Å²) in [5, 5.41) is 13.6. The molecule has 0 saturated carbocycles. The number of nitrogens with zero attached hydrogens (tertiary/aromatic N) is 1. The predicted molar refractivity (Wildman–Crippen MR) is 73.8 cm³/mol. The zero-order valence-electron chi connectivity index (χ0n) is 10.5. The van der Waals surface area contributed by atoms with Crippen LogP contribution in [0.1, 0.15) is 5.56 Å². The third-order valence-electron chi connectivity index (χ3n) is 3.08. The molecule has 0 spiro atoms. The van der Waals surface area contributed by atoms with Crippen molar-refractivity contribution in [1.29, 1.82) is 0 Å². The van der Waals surface area contributed by atoms with E-state index in [0.29, 0.717) is 0 Å². The van der Waals surface area contributed by atoms with E-state index in [-0.39, 0.29) is 5.75 Å². The Morgan fingerprint density at radius 2 is 1.68 bits per heavy atom. The Labute approximate surface area is 111 Å². The van der Waals surface area contributed by atoms with Crippen LogP contribution in [0.15, 0.2) is 59.1 Å². The maximum Gasteiger partial charge on any atom is 0.170 e. The van der Waals surface area contributed by atoms with Crippen molar-refractivity contribution in [3.05, 3.63) is 60.2 Å². The van der Waals surface area contributed by atoms with Gasteiger partial charge in [-0.15, -0.1) is 0 Å². The number of hydrogen-bond donors (Lipinski definition) is 1. The molecule has 0 saturated heterocycles. The van der Waals surface area contributed by atoms with E-state index in [4.69, 9.17) is 4.52 Å². The molecule has 0 unspecified atom stereocenters. The van der Waals surface area contributed by atoms with E-state index in [2.05, 4.69) is 5.16 Å². The van der Waals surface area contributed by atoms with Gasteiger partial charge in [0.15, 0.2) is 5.76 Å². The Hall–Kier alpha value is -2.55. The maximum absolute atomic E-state index is 9.53. The van der Waals surface area contributed by atoms with E-state index >= 15 is 0 Å². The molecule has 0 bridgehead atoms. The summed E-state index contributed by atoms with van der Waals surface area (Å²) in [6.07, 6.45) is 0. The number of phenols is 1. The molecule has 1 heterocycles. The lowest BCUT2D eigenvalue weighted by Gasteiger charge is -1.99. The monoisotopic (exact) mass is 251 g/mol. The van der Waals surface area contributed by atoms with Gasteiger partial charge >= 0.3 is 0 Å². The van der Waals surface area contributed by atoms with Gasteiger partial charge in [-0.3, -0.25) is 0 Å². The lowest BCUT2D eigenvalue weighted by atomic mass is 10.0. The molecule has 0 atom stereocenters. The smallest absolute Gasteiger partial charge is 0.170 e. The minimum absolute atomic E-state index is 0.223. The van der Waals surface area contributed by atoms with Gasteiger partial charge in [-0.25, -0.2) is 0 Å². The van der Waals surface area contributed by atoms with Crippen LogP contribution in [0.4, 0.5) is 0 Å². The standard InChI is InChI=1S/C16H13NO2/c1-11-15(13-8-5-9-14(18)10-13)17-19-16(11)12-6-3-2-4-7-12/h2-10,18H,1H3. The van der Waals surface area contributed by atoms with Crippen LogP contribution in [0.3, 0.4) is 0 Å². The molecular weight excluding hydrogens is 238 g/mol. The van der Waals surface area contributed by atoms with E-state index in [0.717, 1.165) is 28.1 Å². The first-order valence-corrected chi connectivity index (χ1v) is 6.07. The predicted octanol–water partition coefficient (Wildman–Crippen LogP) is 4.02. The van der Waals surface area contributed by atoms with Crippen LogP contribution in [0.2, 0.25) is 0 Å². The average Bonchev–Trinajstić information content (AvgIpc) is 2.81. The molecular formula is C16H13NO2. The highest BCUT2D eigenvalue weighted by Crippen LogP contribution is 2.32. The molecule has 94 valence electrons. The van der Waals surface area contributed by atoms with E-state index in [1.165, 1.54) is 0 Å². The van der Waals surface area contributed by atoms with Crippen molar-refractivity contribution in [3.8, 4) is 28.3 Å². The summed E-state index contributed by atoms with van der Waals surface area (Å²) < 4.78 is 5.44. The number of aromatic hydroxyl groups is 1. The number of hydrogen-bond acceptors (Lipinski definition) is 3. The molecule has 3 heteroatoms. The maximum atomic E-state index is 9.53. The Morgan fingerprint density at radius 3 is 2.42 bits per heavy atom. The van der Waals surface area contributed by atoms with Crippen LogP contribution in [0, 0.1) is 6.92 Å². The van der Waals surface area contributed by atoms with Gasteiger partial charge in [-0.05, 0) is 19.1 Å². The second-order valence-corrected chi connectivity index (χ2v) is 4.40. The molecule has 2 aromatic carbocycles. The minimum Gasteiger partial charge on any atom is -0.508 e. The molecule has 3 rings (SSSR count). The van der Waals surface area contributed by atoms with Crippen molar-refractivity contribution < 1.29 is 9.63 Å². The summed E-state index contributed by atoms with van der Waals surface area (Å²) >= 11 is 0. The summed E-state index contributed by atoms with van der Waals surface area (Å²) in [5.41, 5.74) is 3.58. The van der Waals surface area contributed by atoms with E-state index in [1.54, 1.807) is 18.2 Å². The van der Waals surface area contributed by atoms with Gasteiger partial charge in [0.1, 0.15) is 11.4 Å². The van der Waals surface area contributed by atoms with Gasteiger partial charge in [0.2, 0.25) is 0 Å². The van der Waals surface area contributed by atoms with Crippen LogP contribution in [0.25, 0.3) is 22.6 Å². The first-order valence-electron chi connectivity index (χ1n) is 6.07. The van der Waals surface area contributed by atoms with Gasteiger partial charge < -0.3 is 9.63 Å². The topological polar surface area (TPSA) is 46.3 Å². The minimum atomic E-state index is 0.223. The molecule has 0 radical (unpaired) electrons. The van der Waals surface area contributed by atoms with Crippen LogP contribution in [-0.2, 0) is 0 Å². The van der Waals surface area contributed by atoms with E-state index in [1.807, 2.05) is 43.3 Å². The first-order chi connectivity index (χ1) is 9.25. The summed E-state index contributed by atoms with van der Waals surface area (Å²) in [5.74, 6) is 0.986. The summed E-state index contributed by atoms with van der Waals surface area (Å²) in [7, 11) is 0. The number of aromatic nitrogens is 1. The van der Waals surface area contributed by atoms with Crippen molar-refractivity contribution in [2.24, 2.45) is 0 Å². The molecule has 3 aromatic rings. The fourth-order valence-corrected chi connectivity index (χ4v) is 2.12. The van der Waals surface area contributed by atoms with Gasteiger partial charge in [-0.2, -0.15) is 0 Å². The molecule has 1 N–H and O–H groups in total. The van der Waals surface area contributed by atoms with Crippen molar-refractivity contribution in [2.75, 3.05) is 0 Å². The highest BCUT2D eigenvalue weighted by Gasteiger charge is 2.15. The third kappa shape index (κ3) is 2.10. The molecule has 3 nitrogen and oxygen atoms in total. The fraction of sp³-hybridized carbons (Fsp3) is 0.0625. The summed E-state index contributed by atoms with van der Waals surface area (Å²) in [6.45, 7) is 1.97. The lowest BCUT2D eigenvalue weighted by molar-refractivity contribution is 0.434. The zero-order chi connectivity index (χ0) is 13.2. The Bertz CT molecular complexity index is 702. The van der Waals surface area contributed by atoms with Crippen molar-refractivity contribution in [2.45, 2.75) is 6.92 Å². The quantitative estimate of drug-likeness (QED) is 0.748. The molecule has 0 amide bonds. The normalized spacial score (nSPS) is 10.6. The number of rotatable bonds is 2. The Kier molecular flexibility index (Phi) is 2.80. The van der Waals surface area contributed by atoms with Gasteiger partial charge in [0.25, 0.3) is 0 Å². The Morgan fingerprint density at radius 1 is 0.947 bits per heavy atom. The molecule has 19 heavy (non-hydrogen) atoms. The Balaban J connectivity index is 2.09. The molecule has 1 aromatic heterocycles. The fourth-order valence-electron chi connectivity index (χ4n) is 2.12. The van der Waals surface area contributed by atoms with Gasteiger partial charge in [0.05, 0.1) is 0 Å². The third-order valence-corrected chi connectivity index (χ3v) is 3.08. The van der Waals surface area contributed by atoms with Crippen molar-refractivity contribution in [1.82, 2.24) is 5.16 Å². The molecule has 0 aliphatic rings. The van der Waals surface area contributed by atoms with E-state index < -0.39 is 0 Å². The second-order valence-electron chi connectivity index (χ2n) is 4.40. The summed E-state index contributed by atoms with van der Waals surface area (Å²) in [6, 6.07) is 16.9. The van der Waals surface area contributed by atoms with Crippen LogP contribution >= 0.6 is 0 Å².